The molecule has 6 aromatic rings. The van der Waals surface area contributed by atoms with Crippen molar-refractivity contribution in [2.45, 2.75) is 37.9 Å². The van der Waals surface area contributed by atoms with E-state index < -0.39 is 23.3 Å². The SMILES string of the molecule is Nc1nc(OC2CCN(C(=O)c3cc(-c4cc5ccccc5s4)ccc3F)CC2)ncc1F.Nc1nc(OC2CCN(C(=O)c3cc(Br)ccc3F)CC2)ncc1F. The smallest absolute Gasteiger partial charge is 0.318 e. The second-order valence-electron chi connectivity index (χ2n) is 13.5. The van der Waals surface area contributed by atoms with Gasteiger partial charge in [0.1, 0.15) is 23.8 Å². The molecule has 3 aromatic carbocycles. The molecule has 0 atom stereocenters. The molecule has 12 nitrogen and oxygen atoms in total. The topological polar surface area (TPSA) is 163 Å². The first-order valence-electron chi connectivity index (χ1n) is 18.1. The first-order chi connectivity index (χ1) is 27.9. The van der Waals surface area contributed by atoms with Crippen molar-refractivity contribution >= 4 is 60.8 Å². The largest absolute Gasteiger partial charge is 0.460 e. The molecular weight excluding hydrogens is 844 g/mol. The predicted octanol–water partition coefficient (Wildman–Crippen LogP) is 7.69. The minimum atomic E-state index is -0.706. The molecule has 0 radical (unpaired) electrons. The zero-order chi connectivity index (χ0) is 40.9. The first kappa shape index (κ1) is 40.3. The number of carbonyl (C=O) groups excluding carboxylic acids is 2. The summed E-state index contributed by atoms with van der Waals surface area (Å²) in [6.07, 6.45) is 3.54. The Bertz CT molecular complexity index is 2430. The van der Waals surface area contributed by atoms with Crippen LogP contribution in [0.2, 0.25) is 0 Å². The third-order valence-corrected chi connectivity index (χ3v) is 11.2. The number of anilines is 2. The molecule has 0 spiro atoms. The Morgan fingerprint density at radius 2 is 1.17 bits per heavy atom. The van der Waals surface area contributed by atoms with Crippen molar-refractivity contribution in [2.75, 3.05) is 37.6 Å². The number of hydrogen-bond donors (Lipinski definition) is 2. The number of piperidine rings is 2. The van der Waals surface area contributed by atoms with Gasteiger partial charge in [0.2, 0.25) is 0 Å². The maximum absolute atomic E-state index is 14.6. The van der Waals surface area contributed by atoms with Crippen LogP contribution in [0.25, 0.3) is 20.5 Å². The molecule has 4 N–H and O–H groups in total. The van der Waals surface area contributed by atoms with E-state index in [2.05, 4.69) is 41.9 Å². The van der Waals surface area contributed by atoms with Crippen molar-refractivity contribution in [1.82, 2.24) is 29.7 Å². The van der Waals surface area contributed by atoms with Gasteiger partial charge in [0.15, 0.2) is 23.3 Å². The number of amides is 2. The average molecular weight is 880 g/mol. The van der Waals surface area contributed by atoms with Gasteiger partial charge in [0.05, 0.1) is 23.5 Å². The fourth-order valence-corrected chi connectivity index (χ4v) is 7.88. The van der Waals surface area contributed by atoms with Gasteiger partial charge in [0.25, 0.3) is 11.8 Å². The van der Waals surface area contributed by atoms with Crippen molar-refractivity contribution in [1.29, 1.82) is 0 Å². The number of ether oxygens (including phenoxy) is 2. The number of benzene rings is 3. The highest BCUT2D eigenvalue weighted by atomic mass is 79.9. The molecule has 18 heteroatoms. The zero-order valence-corrected chi connectivity index (χ0v) is 33.0. The van der Waals surface area contributed by atoms with Gasteiger partial charge in [0, 0.05) is 65.9 Å². The Morgan fingerprint density at radius 1 is 0.672 bits per heavy atom. The van der Waals surface area contributed by atoms with Crippen LogP contribution in [0.3, 0.4) is 0 Å². The van der Waals surface area contributed by atoms with Gasteiger partial charge in [-0.3, -0.25) is 9.59 Å². The van der Waals surface area contributed by atoms with Crippen molar-refractivity contribution in [3.05, 3.63) is 118 Å². The summed E-state index contributed by atoms with van der Waals surface area (Å²) in [5, 5.41) is 1.11. The third-order valence-electron chi connectivity index (χ3n) is 9.57. The van der Waals surface area contributed by atoms with E-state index in [9.17, 15) is 27.2 Å². The van der Waals surface area contributed by atoms with Crippen molar-refractivity contribution in [2.24, 2.45) is 0 Å². The quantitative estimate of drug-likeness (QED) is 0.152. The highest BCUT2D eigenvalue weighted by molar-refractivity contribution is 9.10. The summed E-state index contributed by atoms with van der Waals surface area (Å²) in [6, 6.07) is 19.0. The third kappa shape index (κ3) is 9.45. The summed E-state index contributed by atoms with van der Waals surface area (Å²) in [5.74, 6) is -3.77. The Labute approximate surface area is 342 Å². The van der Waals surface area contributed by atoms with Crippen LogP contribution < -0.4 is 20.9 Å². The summed E-state index contributed by atoms with van der Waals surface area (Å²) in [4.78, 5) is 44.7. The van der Waals surface area contributed by atoms with Crippen molar-refractivity contribution in [3.8, 4) is 22.5 Å². The summed E-state index contributed by atoms with van der Waals surface area (Å²) >= 11 is 4.85. The van der Waals surface area contributed by atoms with Crippen LogP contribution in [0.15, 0.2) is 83.6 Å². The van der Waals surface area contributed by atoms with E-state index >= 15 is 0 Å². The molecule has 0 saturated carbocycles. The molecule has 0 bridgehead atoms. The van der Waals surface area contributed by atoms with Crippen LogP contribution in [-0.4, -0.2) is 79.9 Å². The number of thiophene rings is 1. The molecule has 3 aromatic heterocycles. The van der Waals surface area contributed by atoms with E-state index in [4.69, 9.17) is 20.9 Å². The number of nitrogen functional groups attached to an aromatic ring is 2. The molecule has 0 unspecified atom stereocenters. The van der Waals surface area contributed by atoms with Crippen LogP contribution in [0.1, 0.15) is 46.4 Å². The van der Waals surface area contributed by atoms with E-state index in [1.165, 1.54) is 18.2 Å². The van der Waals surface area contributed by atoms with Crippen LogP contribution in [0.4, 0.5) is 29.2 Å². The molecule has 2 amide bonds. The van der Waals surface area contributed by atoms with Gasteiger partial charge in [-0.2, -0.15) is 9.97 Å². The van der Waals surface area contributed by atoms with E-state index in [-0.39, 0.29) is 58.8 Å². The summed E-state index contributed by atoms with van der Waals surface area (Å²) in [5.41, 5.74) is 11.7. The van der Waals surface area contributed by atoms with E-state index in [0.717, 1.165) is 32.9 Å². The van der Waals surface area contributed by atoms with E-state index in [1.54, 1.807) is 39.3 Å². The number of rotatable bonds is 7. The molecule has 2 aliphatic heterocycles. The van der Waals surface area contributed by atoms with E-state index in [1.807, 2.05) is 24.3 Å². The van der Waals surface area contributed by atoms with Gasteiger partial charge in [-0.25, -0.2) is 27.5 Å². The molecule has 2 aliphatic rings. The van der Waals surface area contributed by atoms with Crippen LogP contribution >= 0.6 is 27.3 Å². The second-order valence-corrected chi connectivity index (χ2v) is 15.5. The second kappa shape index (κ2) is 17.7. The molecular formula is C40H35BrF4N8O4S. The maximum Gasteiger partial charge on any atom is 0.318 e. The molecule has 58 heavy (non-hydrogen) atoms. The highest BCUT2D eigenvalue weighted by Gasteiger charge is 2.29. The standard InChI is InChI=1S/C24H20F2N4O2S.C16H15BrF2N4O2/c25-18-6-5-15(21-12-14-3-1-2-4-20(14)33-21)11-17(18)23(31)30-9-7-16(8-10-30)32-24-28-13-19(26)22(27)29-24;17-9-1-2-12(18)11(7-9)15(24)23-5-3-10(4-6-23)25-16-21-8-13(19)14(20)22-16/h1-6,11-13,16H,7-10H2,(H2,27,28,29);1-2,7-8,10H,3-6H2,(H2,20,21,22). The highest BCUT2D eigenvalue weighted by Crippen LogP contribution is 2.34. The number of fused-ring (bicyclic) bond motifs is 1. The lowest BCUT2D eigenvalue weighted by atomic mass is 10.0. The lowest BCUT2D eigenvalue weighted by molar-refractivity contribution is 0.0565. The number of hydrogen-bond acceptors (Lipinski definition) is 11. The number of nitrogens with two attached hydrogens (primary N) is 2. The van der Waals surface area contributed by atoms with Crippen LogP contribution in [0, 0.1) is 23.3 Å². The molecule has 0 aliphatic carbocycles. The minimum Gasteiger partial charge on any atom is -0.460 e. The zero-order valence-electron chi connectivity index (χ0n) is 30.6. The van der Waals surface area contributed by atoms with Gasteiger partial charge in [-0.15, -0.1) is 11.3 Å². The molecule has 300 valence electrons. The Balaban J connectivity index is 0.000000184. The van der Waals surface area contributed by atoms with Gasteiger partial charge < -0.3 is 30.7 Å². The Kier molecular flexibility index (Phi) is 12.3. The number of halogens is 5. The lowest BCUT2D eigenvalue weighted by Gasteiger charge is -2.31. The number of aromatic nitrogens is 4. The van der Waals surface area contributed by atoms with Gasteiger partial charge in [-0.05, 0) is 53.4 Å². The molecule has 8 rings (SSSR count). The van der Waals surface area contributed by atoms with Gasteiger partial charge >= 0.3 is 12.0 Å². The summed E-state index contributed by atoms with van der Waals surface area (Å²) in [6.45, 7) is 1.61. The van der Waals surface area contributed by atoms with Crippen molar-refractivity contribution in [3.63, 3.8) is 0 Å². The van der Waals surface area contributed by atoms with Crippen molar-refractivity contribution < 1.29 is 36.6 Å². The fraction of sp³-hybridized carbons (Fsp3) is 0.250. The van der Waals surface area contributed by atoms with Crippen LogP contribution in [-0.2, 0) is 0 Å². The van der Waals surface area contributed by atoms with Crippen LogP contribution in [0.5, 0.6) is 12.0 Å². The Morgan fingerprint density at radius 3 is 1.69 bits per heavy atom. The predicted molar refractivity (Wildman–Crippen MR) is 213 cm³/mol. The fourth-order valence-electron chi connectivity index (χ4n) is 6.46. The summed E-state index contributed by atoms with van der Waals surface area (Å²) < 4.78 is 67.8. The lowest BCUT2D eigenvalue weighted by Crippen LogP contribution is -2.42. The normalized spacial score (nSPS) is 14.8. The minimum absolute atomic E-state index is 0.000701. The first-order valence-corrected chi connectivity index (χ1v) is 19.7. The van der Waals surface area contributed by atoms with Gasteiger partial charge in [-0.1, -0.05) is 40.2 Å². The van der Waals surface area contributed by atoms with E-state index in [0.29, 0.717) is 56.3 Å². The Hall–Kier alpha value is -5.88. The average Bonchev–Trinajstić information content (AvgIpc) is 3.67. The molecule has 2 fully saturated rings. The molecule has 2 saturated heterocycles. The molecule has 5 heterocycles. The number of likely N-dealkylation sites (tertiary alicyclic amines) is 2. The monoisotopic (exact) mass is 878 g/mol. The number of carbonyl (C=O) groups is 2. The maximum atomic E-state index is 14.6. The summed E-state index contributed by atoms with van der Waals surface area (Å²) in [7, 11) is 0. The number of nitrogens with zero attached hydrogens (tertiary/aromatic N) is 6.